The Balaban J connectivity index is 1.12. The smallest absolute Gasteiger partial charge is 0.174 e. The normalized spacial score (nSPS) is 11.3. The summed E-state index contributed by atoms with van der Waals surface area (Å²) in [6, 6.07) is 28.9. The van der Waals surface area contributed by atoms with Gasteiger partial charge in [0.25, 0.3) is 0 Å². The summed E-state index contributed by atoms with van der Waals surface area (Å²) in [6.07, 6.45) is 4.29. The number of aromatic nitrogens is 4. The van der Waals surface area contributed by atoms with Gasteiger partial charge in [0.1, 0.15) is 0 Å². The van der Waals surface area contributed by atoms with Crippen molar-refractivity contribution >= 4 is 52.7 Å². The van der Waals surface area contributed by atoms with Crippen molar-refractivity contribution in [3.05, 3.63) is 102 Å². The van der Waals surface area contributed by atoms with Crippen LogP contribution in [0.1, 0.15) is 11.1 Å². The average Bonchev–Trinajstić information content (AvgIpc) is 3.57. The highest BCUT2D eigenvalue weighted by Gasteiger charge is 2.08. The van der Waals surface area contributed by atoms with Gasteiger partial charge in [0.2, 0.25) is 0 Å². The fraction of sp³-hybridized carbons (Fsp3) is 0.0769. The molecule has 0 radical (unpaired) electrons. The third-order valence-corrected chi connectivity index (χ3v) is 8.53. The summed E-state index contributed by atoms with van der Waals surface area (Å²) < 4.78 is 11.0. The molecule has 4 nitrogen and oxygen atoms in total. The van der Waals surface area contributed by atoms with Gasteiger partial charge in [0.15, 0.2) is 20.3 Å². The van der Waals surface area contributed by atoms with Gasteiger partial charge >= 0.3 is 0 Å². The van der Waals surface area contributed by atoms with Crippen LogP contribution in [0.2, 0.25) is 0 Å². The van der Waals surface area contributed by atoms with Crippen molar-refractivity contribution in [1.29, 1.82) is 0 Å². The highest BCUT2D eigenvalue weighted by molar-refractivity contribution is 8.01. The molecule has 34 heavy (non-hydrogen) atoms. The third kappa shape index (κ3) is 6.21. The van der Waals surface area contributed by atoms with E-state index in [9.17, 15) is 0 Å². The number of rotatable bonds is 9. The minimum atomic E-state index is 0.789. The predicted octanol–water partition coefficient (Wildman–Crippen LogP) is 7.82. The Morgan fingerprint density at radius 2 is 1.24 bits per heavy atom. The number of benzene rings is 3. The Labute approximate surface area is 215 Å². The van der Waals surface area contributed by atoms with E-state index < -0.39 is 0 Å². The molecule has 0 aliphatic heterocycles. The second-order valence-corrected chi connectivity index (χ2v) is 11.2. The lowest BCUT2D eigenvalue weighted by Crippen LogP contribution is -1.82. The molecule has 3 aromatic carbocycles. The van der Waals surface area contributed by atoms with Crippen molar-refractivity contribution in [2.24, 2.45) is 0 Å². The van der Waals surface area contributed by atoms with E-state index in [4.69, 9.17) is 4.98 Å². The topological polar surface area (TPSA) is 51.6 Å². The van der Waals surface area contributed by atoms with Crippen LogP contribution in [0, 0.1) is 0 Å². The maximum absolute atomic E-state index is 4.70. The number of thioether (sulfide) groups is 2. The van der Waals surface area contributed by atoms with Crippen LogP contribution in [-0.4, -0.2) is 24.5 Å². The number of hydrogen-bond donors (Lipinski definition) is 0. The number of hydrogen-bond acceptors (Lipinski definition) is 8. The van der Waals surface area contributed by atoms with Crippen LogP contribution in [-0.2, 0) is 5.75 Å². The second kappa shape index (κ2) is 11.6. The van der Waals surface area contributed by atoms with Gasteiger partial charge in [0, 0.05) is 22.6 Å². The summed E-state index contributed by atoms with van der Waals surface area (Å²) in [7, 11) is 0. The Kier molecular flexibility index (Phi) is 7.82. The zero-order valence-electron chi connectivity index (χ0n) is 18.1. The van der Waals surface area contributed by atoms with Crippen molar-refractivity contribution in [3.63, 3.8) is 0 Å². The van der Waals surface area contributed by atoms with Crippen LogP contribution in [0.25, 0.3) is 28.9 Å². The molecule has 0 aliphatic rings. The van der Waals surface area contributed by atoms with Crippen LogP contribution in [0.4, 0.5) is 0 Å². The highest BCUT2D eigenvalue weighted by Crippen LogP contribution is 2.28. The van der Waals surface area contributed by atoms with E-state index in [1.165, 1.54) is 28.6 Å². The van der Waals surface area contributed by atoms with Gasteiger partial charge < -0.3 is 0 Å². The Morgan fingerprint density at radius 1 is 0.647 bits per heavy atom. The zero-order valence-corrected chi connectivity index (χ0v) is 21.3. The fourth-order valence-corrected chi connectivity index (χ4v) is 6.15. The monoisotopic (exact) mass is 516 g/mol. The van der Waals surface area contributed by atoms with Crippen molar-refractivity contribution in [2.75, 3.05) is 5.75 Å². The van der Waals surface area contributed by atoms with E-state index >= 15 is 0 Å². The van der Waals surface area contributed by atoms with Crippen molar-refractivity contribution in [3.8, 4) is 22.8 Å². The molecule has 2 heterocycles. The Bertz CT molecular complexity index is 1350. The molecule has 8 heteroatoms. The molecule has 168 valence electrons. The molecule has 5 rings (SSSR count). The predicted molar refractivity (Wildman–Crippen MR) is 146 cm³/mol. The minimum Gasteiger partial charge on any atom is -0.208 e. The molecule has 0 N–H and O–H groups in total. The lowest BCUT2D eigenvalue weighted by Gasteiger charge is -1.98. The summed E-state index contributed by atoms with van der Waals surface area (Å²) >= 11 is 6.33. The first-order valence-corrected chi connectivity index (χ1v) is 14.1. The van der Waals surface area contributed by atoms with Crippen molar-refractivity contribution < 1.29 is 0 Å². The number of nitrogens with zero attached hydrogens (tertiary/aromatic N) is 4. The van der Waals surface area contributed by atoms with Gasteiger partial charge in [-0.1, -0.05) is 121 Å². The first-order valence-electron chi connectivity index (χ1n) is 10.6. The standard InChI is InChI=1S/C26H20N4S4/c1-3-8-20(9-4-1)18-32-26-28-24(30-34-26)22-15-13-19(14-16-22)10-7-17-31-25-27-23(29-33-25)21-11-5-2-6-12-21/h1-16H,17-18H2/b10-7+. The van der Waals surface area contributed by atoms with E-state index in [0.717, 1.165) is 48.5 Å². The second-order valence-electron chi connectivity index (χ2n) is 7.24. The van der Waals surface area contributed by atoms with Gasteiger partial charge in [-0.25, -0.2) is 9.97 Å². The molecule has 0 unspecified atom stereocenters. The highest BCUT2D eigenvalue weighted by atomic mass is 32.2. The summed E-state index contributed by atoms with van der Waals surface area (Å²) in [6.45, 7) is 0. The van der Waals surface area contributed by atoms with Crippen LogP contribution in [0.5, 0.6) is 0 Å². The van der Waals surface area contributed by atoms with Crippen LogP contribution >= 0.6 is 46.6 Å². The van der Waals surface area contributed by atoms with E-state index in [-0.39, 0.29) is 0 Å². The summed E-state index contributed by atoms with van der Waals surface area (Å²) in [5.41, 5.74) is 4.54. The van der Waals surface area contributed by atoms with Gasteiger partial charge in [-0.15, -0.1) is 0 Å². The quantitative estimate of drug-likeness (QED) is 0.186. The molecular weight excluding hydrogens is 497 g/mol. The SMILES string of the molecule is C(=C\c1ccc(-c2nsc(SCc3ccccc3)n2)cc1)/CSc1nc(-c2ccccc2)ns1. The molecule has 0 saturated carbocycles. The molecule has 0 amide bonds. The van der Waals surface area contributed by atoms with Crippen LogP contribution < -0.4 is 0 Å². The maximum Gasteiger partial charge on any atom is 0.174 e. The lowest BCUT2D eigenvalue weighted by molar-refractivity contribution is 1.21. The van der Waals surface area contributed by atoms with Crippen molar-refractivity contribution in [2.45, 2.75) is 14.4 Å². The molecule has 0 spiro atoms. The van der Waals surface area contributed by atoms with Gasteiger partial charge in [-0.3, -0.25) is 0 Å². The van der Waals surface area contributed by atoms with E-state index in [1.54, 1.807) is 23.5 Å². The molecule has 0 aliphatic carbocycles. The lowest BCUT2D eigenvalue weighted by atomic mass is 10.1. The van der Waals surface area contributed by atoms with Gasteiger partial charge in [-0.2, -0.15) is 8.75 Å². The average molecular weight is 517 g/mol. The Hall–Kier alpha value is -2.78. The fourth-order valence-electron chi connectivity index (χ4n) is 3.12. The molecule has 0 fully saturated rings. The van der Waals surface area contributed by atoms with Gasteiger partial charge in [-0.05, 0) is 34.2 Å². The maximum atomic E-state index is 4.70. The first-order chi connectivity index (χ1) is 16.8. The third-order valence-electron chi connectivity index (χ3n) is 4.83. The summed E-state index contributed by atoms with van der Waals surface area (Å²) in [5, 5.41) is 0. The zero-order chi connectivity index (χ0) is 23.0. The first kappa shape index (κ1) is 23.0. The van der Waals surface area contributed by atoms with Crippen LogP contribution in [0.3, 0.4) is 0 Å². The van der Waals surface area contributed by atoms with Crippen LogP contribution in [0.15, 0.2) is 99.7 Å². The molecule has 0 saturated heterocycles. The summed E-state index contributed by atoms with van der Waals surface area (Å²) in [5.74, 6) is 3.34. The minimum absolute atomic E-state index is 0.789. The molecule has 0 atom stereocenters. The summed E-state index contributed by atoms with van der Waals surface area (Å²) in [4.78, 5) is 9.32. The largest absolute Gasteiger partial charge is 0.208 e. The van der Waals surface area contributed by atoms with Gasteiger partial charge in [0.05, 0.1) is 0 Å². The van der Waals surface area contributed by atoms with E-state index in [1.807, 2.05) is 36.4 Å². The molecule has 2 aromatic heterocycles. The molecule has 0 bridgehead atoms. The van der Waals surface area contributed by atoms with Crippen molar-refractivity contribution in [1.82, 2.24) is 18.7 Å². The molecular formula is C26H20N4S4. The van der Waals surface area contributed by atoms with E-state index in [0.29, 0.717) is 0 Å². The molecule has 5 aromatic rings. The Morgan fingerprint density at radius 3 is 1.91 bits per heavy atom. The van der Waals surface area contributed by atoms with E-state index in [2.05, 4.69) is 74.4 Å².